The molecule has 0 spiro atoms. The molecule has 184 valence electrons. The van der Waals surface area contributed by atoms with Crippen molar-refractivity contribution in [3.05, 3.63) is 0 Å². The first-order chi connectivity index (χ1) is 13.2. The van der Waals surface area contributed by atoms with Crippen molar-refractivity contribution in [1.82, 2.24) is 9.80 Å². The fourth-order valence-electron chi connectivity index (χ4n) is 1.52. The average Bonchev–Trinajstić information content (AvgIpc) is 2.56. The van der Waals surface area contributed by atoms with Crippen molar-refractivity contribution in [3.8, 4) is 0 Å². The van der Waals surface area contributed by atoms with E-state index in [0.29, 0.717) is 49.8 Å². The molecule has 0 atom stereocenters. The van der Waals surface area contributed by atoms with Crippen LogP contribution in [0.1, 0.15) is 27.7 Å². The minimum absolute atomic E-state index is 0. The molecular formula is C18H44N2O6S2Ti2-2. The van der Waals surface area contributed by atoms with Gasteiger partial charge in [0.15, 0.2) is 0 Å². The van der Waals surface area contributed by atoms with Crippen LogP contribution in [0.25, 0.3) is 0 Å². The molecule has 30 heavy (non-hydrogen) atoms. The van der Waals surface area contributed by atoms with E-state index < -0.39 is 0 Å². The molecule has 6 N–H and O–H groups in total. The van der Waals surface area contributed by atoms with Crippen LogP contribution in [-0.2, 0) is 68.7 Å². The van der Waals surface area contributed by atoms with Gasteiger partial charge in [-0.1, -0.05) is 27.7 Å². The van der Waals surface area contributed by atoms with Gasteiger partial charge in [0.1, 0.15) is 0 Å². The van der Waals surface area contributed by atoms with Crippen molar-refractivity contribution in [2.45, 2.75) is 38.2 Å². The summed E-state index contributed by atoms with van der Waals surface area (Å²) in [7, 11) is 0. The third-order valence-electron chi connectivity index (χ3n) is 2.50. The Morgan fingerprint density at radius 3 is 0.633 bits per heavy atom. The molecule has 0 saturated heterocycles. The molecule has 0 aromatic carbocycles. The maximum Gasteiger partial charge on any atom is 0.0558 e. The largest absolute Gasteiger partial charge is 0.790 e. The van der Waals surface area contributed by atoms with Crippen molar-refractivity contribution in [2.75, 3.05) is 78.9 Å². The van der Waals surface area contributed by atoms with Gasteiger partial charge < -0.3 is 55.9 Å². The van der Waals surface area contributed by atoms with Gasteiger partial charge in [-0.15, -0.1) is 0 Å². The van der Waals surface area contributed by atoms with Crippen molar-refractivity contribution >= 4 is 25.3 Å². The molecule has 0 amide bonds. The summed E-state index contributed by atoms with van der Waals surface area (Å²) in [4.78, 5) is 3.58. The minimum atomic E-state index is 0. The van der Waals surface area contributed by atoms with Gasteiger partial charge in [-0.3, -0.25) is 9.80 Å². The summed E-state index contributed by atoms with van der Waals surface area (Å²) >= 11 is 9.24. The van der Waals surface area contributed by atoms with Crippen LogP contribution in [0.4, 0.5) is 0 Å². The fourth-order valence-corrected chi connectivity index (χ4v) is 1.52. The quantitative estimate of drug-likeness (QED) is 0.127. The number of nitrogens with zero attached hydrogens (tertiary/aromatic N) is 2. The third kappa shape index (κ3) is 63.0. The molecule has 8 nitrogen and oxygen atoms in total. The Hall–Kier alpha value is 1.81. The normalized spacial score (nSPS) is 9.60. The van der Waals surface area contributed by atoms with Crippen molar-refractivity contribution in [2.24, 2.45) is 0 Å². The van der Waals surface area contributed by atoms with Gasteiger partial charge in [0.25, 0.3) is 0 Å². The van der Waals surface area contributed by atoms with Crippen molar-refractivity contribution in [3.63, 3.8) is 0 Å². The number of hydrogen-bond acceptors (Lipinski definition) is 10. The monoisotopic (exact) mass is 544 g/mol. The molecule has 0 heterocycles. The SMILES string of the molecule is CC(C)[S-].CC(C)[S-].OCCN(CCO)CCO.OCCN(CCO)CCO.[Ti].[Ti]. The van der Waals surface area contributed by atoms with Crippen LogP contribution in [0.2, 0.25) is 0 Å². The van der Waals surface area contributed by atoms with E-state index in [1.807, 2.05) is 27.7 Å². The number of rotatable bonds is 12. The zero-order valence-electron chi connectivity index (χ0n) is 19.0. The van der Waals surface area contributed by atoms with Crippen LogP contribution >= 0.6 is 0 Å². The molecule has 0 bridgehead atoms. The van der Waals surface area contributed by atoms with Gasteiger partial charge in [-0.25, -0.2) is 0 Å². The Balaban J connectivity index is -0.0000000678. The fraction of sp³-hybridized carbons (Fsp3) is 1.00. The first-order valence-corrected chi connectivity index (χ1v) is 10.5. The smallest absolute Gasteiger partial charge is 0.0558 e. The van der Waals surface area contributed by atoms with Gasteiger partial charge in [0.05, 0.1) is 39.6 Å². The van der Waals surface area contributed by atoms with Gasteiger partial charge >= 0.3 is 0 Å². The molecular weight excluding hydrogens is 500 g/mol. The van der Waals surface area contributed by atoms with E-state index >= 15 is 0 Å². The molecule has 0 rings (SSSR count). The van der Waals surface area contributed by atoms with E-state index in [-0.39, 0.29) is 83.1 Å². The molecule has 0 aliphatic carbocycles. The van der Waals surface area contributed by atoms with E-state index in [4.69, 9.17) is 30.6 Å². The Labute approximate surface area is 225 Å². The summed E-state index contributed by atoms with van der Waals surface area (Å²) in [5, 5.41) is 51.7. The Bertz CT molecular complexity index is 209. The predicted octanol–water partition coefficient (Wildman–Crippen LogP) is -1.59. The maximum absolute atomic E-state index is 8.48. The molecule has 0 unspecified atom stereocenters. The molecule has 0 aliphatic rings. The third-order valence-corrected chi connectivity index (χ3v) is 2.50. The van der Waals surface area contributed by atoms with Crippen LogP contribution in [0, 0.1) is 0 Å². The Kier molecular flexibility index (Phi) is 62.1. The summed E-state index contributed by atoms with van der Waals surface area (Å²) in [6.07, 6.45) is 0. The summed E-state index contributed by atoms with van der Waals surface area (Å²) < 4.78 is 0. The van der Waals surface area contributed by atoms with E-state index in [1.165, 1.54) is 0 Å². The minimum Gasteiger partial charge on any atom is -0.790 e. The second kappa shape index (κ2) is 41.1. The van der Waals surface area contributed by atoms with Crippen LogP contribution in [0.15, 0.2) is 0 Å². The summed E-state index contributed by atoms with van der Waals surface area (Å²) in [6.45, 7) is 11.4. The van der Waals surface area contributed by atoms with E-state index in [0.717, 1.165) is 0 Å². The molecule has 0 aliphatic heterocycles. The van der Waals surface area contributed by atoms with Crippen LogP contribution < -0.4 is 0 Å². The van der Waals surface area contributed by atoms with E-state index in [1.54, 1.807) is 9.80 Å². The van der Waals surface area contributed by atoms with Gasteiger partial charge in [-0.05, 0) is 0 Å². The van der Waals surface area contributed by atoms with Gasteiger partial charge in [0.2, 0.25) is 0 Å². The van der Waals surface area contributed by atoms with Crippen LogP contribution in [0.5, 0.6) is 0 Å². The molecule has 12 heteroatoms. The van der Waals surface area contributed by atoms with E-state index in [2.05, 4.69) is 25.3 Å². The van der Waals surface area contributed by atoms with Crippen molar-refractivity contribution in [1.29, 1.82) is 0 Å². The molecule has 0 aromatic heterocycles. The number of aliphatic hydroxyl groups is 6. The second-order valence-corrected chi connectivity index (χ2v) is 8.01. The molecule has 0 radical (unpaired) electrons. The number of hydrogen-bond donors (Lipinski definition) is 6. The van der Waals surface area contributed by atoms with Crippen LogP contribution in [0.3, 0.4) is 0 Å². The first-order valence-electron chi connectivity index (χ1n) is 9.58. The van der Waals surface area contributed by atoms with E-state index in [9.17, 15) is 0 Å². The Morgan fingerprint density at radius 1 is 0.467 bits per heavy atom. The summed E-state index contributed by atoms with van der Waals surface area (Å²) in [6, 6.07) is 0. The first kappa shape index (κ1) is 45.3. The Morgan fingerprint density at radius 2 is 0.567 bits per heavy atom. The maximum atomic E-state index is 8.48. The standard InChI is InChI=1S/2C6H15NO3.2C3H8S.2Ti/c2*8-4-1-7(2-5-9)3-6-10;2*1-3(2)4;;/h2*8-10H,1-6H2;2*3-4H,1-2H3;;/p-2. The number of aliphatic hydroxyl groups excluding tert-OH is 6. The molecule has 0 aromatic rings. The summed E-state index contributed by atoms with van der Waals surface area (Å²) in [5.74, 6) is 0. The van der Waals surface area contributed by atoms with Crippen molar-refractivity contribution < 1.29 is 74.1 Å². The van der Waals surface area contributed by atoms with Crippen LogP contribution in [-0.4, -0.2) is 130 Å². The van der Waals surface area contributed by atoms with Gasteiger partial charge in [-0.2, -0.15) is 10.5 Å². The molecule has 0 saturated carbocycles. The zero-order valence-corrected chi connectivity index (χ0v) is 23.8. The zero-order chi connectivity index (χ0) is 22.8. The topological polar surface area (TPSA) is 128 Å². The second-order valence-electron chi connectivity index (χ2n) is 6.12. The predicted molar refractivity (Wildman–Crippen MR) is 120 cm³/mol. The van der Waals surface area contributed by atoms with Gasteiger partial charge in [0, 0.05) is 82.7 Å². The molecule has 0 fully saturated rings. The summed E-state index contributed by atoms with van der Waals surface area (Å²) in [5.41, 5.74) is 0. The average molecular weight is 544 g/mol.